The third kappa shape index (κ3) is 4.51. The zero-order valence-corrected chi connectivity index (χ0v) is 9.20. The maximum absolute atomic E-state index is 8.61. The zero-order chi connectivity index (χ0) is 10.9. The van der Waals surface area contributed by atoms with Crippen molar-refractivity contribution in [3.63, 3.8) is 0 Å². The summed E-state index contributed by atoms with van der Waals surface area (Å²) in [5, 5.41) is 8.61. The summed E-state index contributed by atoms with van der Waals surface area (Å²) < 4.78 is 5.54. The Bertz CT molecular complexity index is 310. The highest BCUT2D eigenvalue weighted by Gasteiger charge is 1.94. The third-order valence-corrected chi connectivity index (χ3v) is 2.25. The monoisotopic (exact) mass is 203 g/mol. The van der Waals surface area contributed by atoms with Gasteiger partial charge in [-0.1, -0.05) is 26.2 Å². The second-order valence-electron chi connectivity index (χ2n) is 3.55. The lowest BCUT2D eigenvalue weighted by Crippen LogP contribution is -1.96. The molecule has 0 radical (unpaired) electrons. The van der Waals surface area contributed by atoms with Crippen LogP contribution in [-0.2, 0) is 0 Å². The molecule has 0 spiro atoms. The molecule has 80 valence electrons. The van der Waals surface area contributed by atoms with Crippen LogP contribution >= 0.6 is 0 Å². The number of ether oxygens (including phenoxy) is 1. The lowest BCUT2D eigenvalue weighted by atomic mass is 10.2. The summed E-state index contributed by atoms with van der Waals surface area (Å²) in [5.74, 6) is 0.852. The van der Waals surface area contributed by atoms with E-state index in [1.807, 2.05) is 12.1 Å². The molecule has 0 amide bonds. The minimum Gasteiger partial charge on any atom is -0.494 e. The molecule has 0 aromatic heterocycles. The van der Waals surface area contributed by atoms with Gasteiger partial charge in [0.25, 0.3) is 0 Å². The number of rotatable bonds is 6. The van der Waals surface area contributed by atoms with Crippen LogP contribution in [0.25, 0.3) is 0 Å². The van der Waals surface area contributed by atoms with Gasteiger partial charge in [0.2, 0.25) is 0 Å². The lowest BCUT2D eigenvalue weighted by Gasteiger charge is -2.05. The molecule has 2 nitrogen and oxygen atoms in total. The fourth-order valence-electron chi connectivity index (χ4n) is 1.34. The predicted octanol–water partition coefficient (Wildman–Crippen LogP) is 3.52. The van der Waals surface area contributed by atoms with Crippen LogP contribution in [0.2, 0.25) is 0 Å². The minimum atomic E-state index is 0.674. The second-order valence-corrected chi connectivity index (χ2v) is 3.55. The molecule has 2 heteroatoms. The first-order valence-electron chi connectivity index (χ1n) is 5.49. The van der Waals surface area contributed by atoms with Gasteiger partial charge in [0.15, 0.2) is 0 Å². The number of hydrogen-bond donors (Lipinski definition) is 0. The quantitative estimate of drug-likeness (QED) is 0.663. The van der Waals surface area contributed by atoms with Crippen molar-refractivity contribution in [1.82, 2.24) is 0 Å². The summed E-state index contributed by atoms with van der Waals surface area (Å²) in [6, 6.07) is 9.33. The highest BCUT2D eigenvalue weighted by Crippen LogP contribution is 2.12. The first-order valence-corrected chi connectivity index (χ1v) is 5.49. The first kappa shape index (κ1) is 11.6. The molecule has 0 bridgehead atoms. The van der Waals surface area contributed by atoms with Crippen LogP contribution in [0, 0.1) is 11.3 Å². The van der Waals surface area contributed by atoms with Gasteiger partial charge in [-0.2, -0.15) is 5.26 Å². The van der Waals surface area contributed by atoms with Crippen molar-refractivity contribution in [1.29, 1.82) is 5.26 Å². The Morgan fingerprint density at radius 2 is 1.87 bits per heavy atom. The number of nitrogens with zero attached hydrogens (tertiary/aromatic N) is 1. The fraction of sp³-hybridized carbons (Fsp3) is 0.462. The Balaban J connectivity index is 2.23. The van der Waals surface area contributed by atoms with Crippen LogP contribution in [0.3, 0.4) is 0 Å². The van der Waals surface area contributed by atoms with E-state index >= 15 is 0 Å². The second kappa shape index (κ2) is 6.89. The van der Waals surface area contributed by atoms with Crippen molar-refractivity contribution < 1.29 is 4.74 Å². The summed E-state index contributed by atoms with van der Waals surface area (Å²) in [6.45, 7) is 2.97. The minimum absolute atomic E-state index is 0.674. The molecule has 1 rings (SSSR count). The number of hydrogen-bond acceptors (Lipinski definition) is 2. The molecule has 1 aromatic carbocycles. The van der Waals surface area contributed by atoms with E-state index in [1.54, 1.807) is 12.1 Å². The summed E-state index contributed by atoms with van der Waals surface area (Å²) in [7, 11) is 0. The molecule has 0 saturated carbocycles. The molecule has 0 N–H and O–H groups in total. The molecule has 15 heavy (non-hydrogen) atoms. The molecule has 1 aromatic rings. The maximum atomic E-state index is 8.61. The summed E-state index contributed by atoms with van der Waals surface area (Å²) in [5.41, 5.74) is 0.674. The van der Waals surface area contributed by atoms with Gasteiger partial charge in [-0.3, -0.25) is 0 Å². The Hall–Kier alpha value is -1.49. The van der Waals surface area contributed by atoms with Gasteiger partial charge in [-0.25, -0.2) is 0 Å². The number of benzene rings is 1. The lowest BCUT2D eigenvalue weighted by molar-refractivity contribution is 0.305. The number of nitriles is 1. The maximum Gasteiger partial charge on any atom is 0.119 e. The van der Waals surface area contributed by atoms with E-state index in [9.17, 15) is 0 Å². The van der Waals surface area contributed by atoms with Crippen LogP contribution in [-0.4, -0.2) is 6.61 Å². The fourth-order valence-corrected chi connectivity index (χ4v) is 1.34. The van der Waals surface area contributed by atoms with Crippen molar-refractivity contribution in [3.8, 4) is 11.8 Å². The SMILES string of the molecule is CCCCCCOc1ccc(C#N)cc1. The van der Waals surface area contributed by atoms with E-state index < -0.39 is 0 Å². The highest BCUT2D eigenvalue weighted by atomic mass is 16.5. The Morgan fingerprint density at radius 3 is 2.47 bits per heavy atom. The van der Waals surface area contributed by atoms with Crippen molar-refractivity contribution in [2.24, 2.45) is 0 Å². The Morgan fingerprint density at radius 1 is 1.13 bits per heavy atom. The van der Waals surface area contributed by atoms with E-state index in [0.29, 0.717) is 5.56 Å². The van der Waals surface area contributed by atoms with Crippen LogP contribution < -0.4 is 4.74 Å². The van der Waals surface area contributed by atoms with Gasteiger partial charge in [0.05, 0.1) is 18.2 Å². The molecule has 0 aliphatic heterocycles. The van der Waals surface area contributed by atoms with Crippen molar-refractivity contribution in [3.05, 3.63) is 29.8 Å². The van der Waals surface area contributed by atoms with Crippen LogP contribution in [0.4, 0.5) is 0 Å². The van der Waals surface area contributed by atoms with Crippen molar-refractivity contribution in [2.75, 3.05) is 6.61 Å². The van der Waals surface area contributed by atoms with E-state index in [2.05, 4.69) is 13.0 Å². The van der Waals surface area contributed by atoms with Gasteiger partial charge in [0.1, 0.15) is 5.75 Å². The molecule has 0 fully saturated rings. The zero-order valence-electron chi connectivity index (χ0n) is 9.20. The largest absolute Gasteiger partial charge is 0.494 e. The molecule has 0 aliphatic carbocycles. The Labute approximate surface area is 91.5 Å². The smallest absolute Gasteiger partial charge is 0.119 e. The summed E-state index contributed by atoms with van der Waals surface area (Å²) in [6.07, 6.45) is 4.86. The van der Waals surface area contributed by atoms with Gasteiger partial charge >= 0.3 is 0 Å². The van der Waals surface area contributed by atoms with Crippen LogP contribution in [0.5, 0.6) is 5.75 Å². The number of unbranched alkanes of at least 4 members (excludes halogenated alkanes) is 3. The van der Waals surface area contributed by atoms with E-state index in [-0.39, 0.29) is 0 Å². The Kier molecular flexibility index (Phi) is 5.32. The first-order chi connectivity index (χ1) is 7.36. The molecule has 0 atom stereocenters. The van der Waals surface area contributed by atoms with E-state index in [1.165, 1.54) is 19.3 Å². The average Bonchev–Trinajstić information content (AvgIpc) is 2.30. The van der Waals surface area contributed by atoms with Gasteiger partial charge in [-0.15, -0.1) is 0 Å². The molecule has 0 aliphatic rings. The van der Waals surface area contributed by atoms with Crippen molar-refractivity contribution in [2.45, 2.75) is 32.6 Å². The molecular formula is C13H17NO. The van der Waals surface area contributed by atoms with Gasteiger partial charge < -0.3 is 4.74 Å². The topological polar surface area (TPSA) is 33.0 Å². The van der Waals surface area contributed by atoms with Gasteiger partial charge in [0, 0.05) is 0 Å². The average molecular weight is 203 g/mol. The van der Waals surface area contributed by atoms with E-state index in [0.717, 1.165) is 18.8 Å². The highest BCUT2D eigenvalue weighted by molar-refractivity contribution is 5.34. The standard InChI is InChI=1S/C13H17NO/c1-2-3-4-5-10-15-13-8-6-12(11-14)7-9-13/h6-9H,2-5,10H2,1H3. The summed E-state index contributed by atoms with van der Waals surface area (Å²) in [4.78, 5) is 0. The molecule has 0 heterocycles. The van der Waals surface area contributed by atoms with E-state index in [4.69, 9.17) is 10.00 Å². The third-order valence-electron chi connectivity index (χ3n) is 2.25. The van der Waals surface area contributed by atoms with Gasteiger partial charge in [-0.05, 0) is 30.7 Å². The molecular weight excluding hydrogens is 186 g/mol. The molecule has 0 saturated heterocycles. The van der Waals surface area contributed by atoms with Crippen molar-refractivity contribution >= 4 is 0 Å². The van der Waals surface area contributed by atoms with Crippen LogP contribution in [0.15, 0.2) is 24.3 Å². The van der Waals surface area contributed by atoms with Crippen LogP contribution in [0.1, 0.15) is 38.2 Å². The molecule has 0 unspecified atom stereocenters. The normalized spacial score (nSPS) is 9.60. The summed E-state index contributed by atoms with van der Waals surface area (Å²) >= 11 is 0. The predicted molar refractivity (Wildman–Crippen MR) is 60.8 cm³/mol.